The lowest BCUT2D eigenvalue weighted by molar-refractivity contribution is 0.954. The summed E-state index contributed by atoms with van der Waals surface area (Å²) >= 11 is 0. The second-order valence-electron chi connectivity index (χ2n) is 3.45. The van der Waals surface area contributed by atoms with Crippen LogP contribution in [-0.2, 0) is 0 Å². The van der Waals surface area contributed by atoms with Crippen molar-refractivity contribution in [3.63, 3.8) is 0 Å². The maximum atomic E-state index is 4.32. The molecule has 2 aromatic rings. The van der Waals surface area contributed by atoms with E-state index in [0.29, 0.717) is 0 Å². The van der Waals surface area contributed by atoms with Gasteiger partial charge in [0.15, 0.2) is 0 Å². The summed E-state index contributed by atoms with van der Waals surface area (Å²) in [5.74, 6) is 0.855. The first kappa shape index (κ1) is 8.35. The summed E-state index contributed by atoms with van der Waals surface area (Å²) in [5, 5.41) is 12.6. The average molecular weight is 198 g/mol. The van der Waals surface area contributed by atoms with Gasteiger partial charge in [-0.05, 0) is 12.1 Å². The fourth-order valence-electron chi connectivity index (χ4n) is 1.67. The fraction of sp³-hybridized carbons (Fsp3) is 0.182. The Hall–Kier alpha value is -1.97. The van der Waals surface area contributed by atoms with Gasteiger partial charge in [-0.1, -0.05) is 18.2 Å². The van der Waals surface area contributed by atoms with Gasteiger partial charge in [0.2, 0.25) is 0 Å². The van der Waals surface area contributed by atoms with Crippen LogP contribution in [0.3, 0.4) is 0 Å². The van der Waals surface area contributed by atoms with Crippen LogP contribution in [0.4, 0.5) is 0 Å². The minimum absolute atomic E-state index is 0.823. The molecule has 1 N–H and O–H groups in total. The van der Waals surface area contributed by atoms with Crippen LogP contribution >= 0.6 is 0 Å². The van der Waals surface area contributed by atoms with E-state index in [-0.39, 0.29) is 0 Å². The van der Waals surface area contributed by atoms with Gasteiger partial charge in [-0.15, -0.1) is 10.2 Å². The van der Waals surface area contributed by atoms with E-state index in [9.17, 15) is 0 Å². The molecule has 4 heteroatoms. The van der Waals surface area contributed by atoms with Crippen LogP contribution in [0.5, 0.6) is 0 Å². The van der Waals surface area contributed by atoms with Gasteiger partial charge in [-0.2, -0.15) is 0 Å². The van der Waals surface area contributed by atoms with Crippen LogP contribution in [0, 0.1) is 0 Å². The average Bonchev–Trinajstić information content (AvgIpc) is 2.82. The van der Waals surface area contributed by atoms with Gasteiger partial charge in [0.1, 0.15) is 11.5 Å². The van der Waals surface area contributed by atoms with Crippen molar-refractivity contribution < 1.29 is 0 Å². The quantitative estimate of drug-likeness (QED) is 0.743. The van der Waals surface area contributed by atoms with Gasteiger partial charge in [0.25, 0.3) is 0 Å². The number of benzene rings is 1. The molecule has 1 aromatic heterocycles. The molecule has 74 valence electrons. The van der Waals surface area contributed by atoms with Gasteiger partial charge in [-0.25, -0.2) is 0 Å². The first-order valence-corrected chi connectivity index (χ1v) is 4.95. The van der Waals surface area contributed by atoms with Crippen molar-refractivity contribution in [2.24, 2.45) is 4.99 Å². The van der Waals surface area contributed by atoms with Crippen LogP contribution in [0.1, 0.15) is 5.69 Å². The van der Waals surface area contributed by atoms with Crippen LogP contribution in [0.15, 0.2) is 35.3 Å². The van der Waals surface area contributed by atoms with Gasteiger partial charge in [-0.3, -0.25) is 4.99 Å². The standard InChI is InChI=1S/C11H10N4/c1-2-4-9-8(3-1)7-10(15-14-9)11-12-5-6-13-11/h1-4,7H,5-6H2,(H,12,13). The molecule has 1 aliphatic rings. The molecular formula is C11H10N4. The van der Waals surface area contributed by atoms with E-state index >= 15 is 0 Å². The number of aliphatic imine (C=N–C) groups is 1. The molecule has 0 radical (unpaired) electrons. The van der Waals surface area contributed by atoms with Crippen LogP contribution in [0.2, 0.25) is 0 Å². The van der Waals surface area contributed by atoms with Crippen LogP contribution in [0.25, 0.3) is 10.9 Å². The van der Waals surface area contributed by atoms with Gasteiger partial charge >= 0.3 is 0 Å². The van der Waals surface area contributed by atoms with Gasteiger partial charge in [0.05, 0.1) is 12.1 Å². The molecule has 0 spiro atoms. The molecular weight excluding hydrogens is 188 g/mol. The molecule has 15 heavy (non-hydrogen) atoms. The van der Waals surface area contributed by atoms with E-state index in [4.69, 9.17) is 0 Å². The summed E-state index contributed by atoms with van der Waals surface area (Å²) in [6, 6.07) is 9.96. The third-order valence-corrected chi connectivity index (χ3v) is 2.41. The van der Waals surface area contributed by atoms with Crippen molar-refractivity contribution in [1.29, 1.82) is 0 Å². The maximum absolute atomic E-state index is 4.32. The summed E-state index contributed by atoms with van der Waals surface area (Å²) in [6.07, 6.45) is 0. The number of hydrogen-bond acceptors (Lipinski definition) is 4. The maximum Gasteiger partial charge on any atom is 0.149 e. The Morgan fingerprint density at radius 3 is 2.93 bits per heavy atom. The Bertz CT molecular complexity index is 533. The monoisotopic (exact) mass is 198 g/mol. The summed E-state index contributed by atoms with van der Waals surface area (Å²) in [7, 11) is 0. The Labute approximate surface area is 87.1 Å². The van der Waals surface area contributed by atoms with E-state index in [0.717, 1.165) is 35.5 Å². The van der Waals surface area contributed by atoms with Crippen LogP contribution in [-0.4, -0.2) is 29.1 Å². The van der Waals surface area contributed by atoms with Crippen LogP contribution < -0.4 is 5.32 Å². The van der Waals surface area contributed by atoms with Crippen molar-refractivity contribution in [3.05, 3.63) is 36.0 Å². The molecule has 1 aromatic carbocycles. The number of rotatable bonds is 1. The summed E-state index contributed by atoms with van der Waals surface area (Å²) in [6.45, 7) is 1.72. The van der Waals surface area contributed by atoms with E-state index in [2.05, 4.69) is 20.5 Å². The molecule has 4 nitrogen and oxygen atoms in total. The molecule has 0 saturated carbocycles. The molecule has 0 unspecified atom stereocenters. The molecule has 2 heterocycles. The molecule has 0 aliphatic carbocycles. The normalized spacial score (nSPS) is 15.1. The SMILES string of the molecule is c1ccc2nnc(C3=NCCN3)cc2c1. The smallest absolute Gasteiger partial charge is 0.149 e. The molecule has 0 saturated heterocycles. The first-order chi connectivity index (χ1) is 7.43. The molecule has 0 atom stereocenters. The van der Waals surface area contributed by atoms with Crippen molar-refractivity contribution in [1.82, 2.24) is 15.5 Å². The van der Waals surface area contributed by atoms with Gasteiger partial charge < -0.3 is 5.32 Å². The molecule has 0 bridgehead atoms. The number of aromatic nitrogens is 2. The lowest BCUT2D eigenvalue weighted by Crippen LogP contribution is -2.20. The second kappa shape index (κ2) is 3.31. The molecule has 0 fully saturated rings. The summed E-state index contributed by atoms with van der Waals surface area (Å²) in [5.41, 5.74) is 1.74. The predicted octanol–water partition coefficient (Wildman–Crippen LogP) is 0.980. The topological polar surface area (TPSA) is 50.2 Å². The molecule has 1 aliphatic heterocycles. The van der Waals surface area contributed by atoms with Crippen molar-refractivity contribution in [3.8, 4) is 0 Å². The number of hydrogen-bond donors (Lipinski definition) is 1. The lowest BCUT2D eigenvalue weighted by atomic mass is 10.2. The highest BCUT2D eigenvalue weighted by Crippen LogP contribution is 2.11. The van der Waals surface area contributed by atoms with Crippen molar-refractivity contribution in [2.75, 3.05) is 13.1 Å². The second-order valence-corrected chi connectivity index (χ2v) is 3.45. The largest absolute Gasteiger partial charge is 0.367 e. The summed E-state index contributed by atoms with van der Waals surface area (Å²) in [4.78, 5) is 4.32. The Balaban J connectivity index is 2.13. The van der Waals surface area contributed by atoms with E-state index in [1.807, 2.05) is 30.3 Å². The fourth-order valence-corrected chi connectivity index (χ4v) is 1.67. The van der Waals surface area contributed by atoms with Crippen molar-refractivity contribution in [2.45, 2.75) is 0 Å². The van der Waals surface area contributed by atoms with E-state index < -0.39 is 0 Å². The molecule has 0 amide bonds. The number of amidine groups is 1. The zero-order valence-electron chi connectivity index (χ0n) is 8.14. The zero-order valence-corrected chi connectivity index (χ0v) is 8.14. The van der Waals surface area contributed by atoms with Crippen molar-refractivity contribution >= 4 is 16.7 Å². The predicted molar refractivity (Wildman–Crippen MR) is 58.9 cm³/mol. The number of fused-ring (bicyclic) bond motifs is 1. The van der Waals surface area contributed by atoms with E-state index in [1.165, 1.54) is 0 Å². The first-order valence-electron chi connectivity index (χ1n) is 4.95. The summed E-state index contributed by atoms with van der Waals surface area (Å²) < 4.78 is 0. The minimum Gasteiger partial charge on any atom is -0.367 e. The highest BCUT2D eigenvalue weighted by atomic mass is 15.2. The number of nitrogens with zero attached hydrogens (tertiary/aromatic N) is 3. The minimum atomic E-state index is 0.823. The zero-order chi connectivity index (χ0) is 10.1. The Morgan fingerprint density at radius 1 is 1.13 bits per heavy atom. The molecule has 3 rings (SSSR count). The highest BCUT2D eigenvalue weighted by molar-refractivity contribution is 6.00. The van der Waals surface area contributed by atoms with E-state index in [1.54, 1.807) is 0 Å². The number of nitrogens with one attached hydrogen (secondary N) is 1. The third-order valence-electron chi connectivity index (χ3n) is 2.41. The lowest BCUT2D eigenvalue weighted by Gasteiger charge is -2.01. The highest BCUT2D eigenvalue weighted by Gasteiger charge is 2.10. The Morgan fingerprint density at radius 2 is 2.07 bits per heavy atom. The van der Waals surface area contributed by atoms with Gasteiger partial charge in [0, 0.05) is 11.9 Å². The third kappa shape index (κ3) is 1.44. The Kier molecular flexibility index (Phi) is 1.84.